The second-order valence-electron chi connectivity index (χ2n) is 11.3. The Morgan fingerprint density at radius 3 is 1.47 bits per heavy atom. The molecule has 270 valence electrons. The van der Waals surface area contributed by atoms with Crippen molar-refractivity contribution in [2.45, 2.75) is 115 Å². The molecule has 0 saturated heterocycles. The van der Waals surface area contributed by atoms with Crippen molar-refractivity contribution >= 4 is 41.4 Å². The van der Waals surface area contributed by atoms with E-state index in [9.17, 15) is 48.9 Å². The number of carbonyl (C=O) groups excluding carboxylic acids is 6. The van der Waals surface area contributed by atoms with Gasteiger partial charge in [0.25, 0.3) is 0 Å². The van der Waals surface area contributed by atoms with E-state index in [1.807, 2.05) is 0 Å². The van der Waals surface area contributed by atoms with Crippen molar-refractivity contribution in [2.75, 3.05) is 19.6 Å². The Balaban J connectivity index is 5.31. The van der Waals surface area contributed by atoms with Crippen molar-refractivity contribution in [3.05, 3.63) is 0 Å². The highest BCUT2D eigenvalue weighted by atomic mass is 16.4. The van der Waals surface area contributed by atoms with Gasteiger partial charge in [-0.2, -0.15) is 0 Å². The zero-order valence-electron chi connectivity index (χ0n) is 27.4. The van der Waals surface area contributed by atoms with Crippen molar-refractivity contribution in [2.24, 2.45) is 17.2 Å². The minimum absolute atomic E-state index is 0.0831. The minimum Gasteiger partial charge on any atom is -0.480 e. The van der Waals surface area contributed by atoms with Crippen molar-refractivity contribution in [1.82, 2.24) is 31.9 Å². The quantitative estimate of drug-likeness (QED) is 0.0452. The van der Waals surface area contributed by atoms with E-state index >= 15 is 0 Å². The summed E-state index contributed by atoms with van der Waals surface area (Å²) < 4.78 is 0. The van der Waals surface area contributed by atoms with E-state index in [0.29, 0.717) is 38.8 Å². The standard InChI is InChI=1S/C28H53N9O10/c1-14(31)23(41)36-21(16(3)38)26(44)34-18(9-5-7-11-29)25(43)32-13-20(40)33-15(2)24(42)37-22(17(4)39)27(45)35-19(28(46)47)10-6-8-12-30/h14-19,21-22,38-39H,5-13,29-31H2,1-4H3,(H,32,43)(H,33,40)(H,34,44)(H,35,45)(H,36,41)(H,37,42)(H,46,47)/t14-,15-,16+,17+,18-,19-,21-,22-/m0/s1. The van der Waals surface area contributed by atoms with Gasteiger partial charge in [0, 0.05) is 0 Å². The smallest absolute Gasteiger partial charge is 0.326 e. The molecule has 0 spiro atoms. The average Bonchev–Trinajstić information content (AvgIpc) is 2.99. The molecule has 0 heterocycles. The van der Waals surface area contributed by atoms with Gasteiger partial charge in [0.1, 0.15) is 30.2 Å². The molecule has 8 atom stereocenters. The molecular formula is C28H53N9O10. The Labute approximate surface area is 273 Å². The largest absolute Gasteiger partial charge is 0.480 e. The number of aliphatic carboxylic acids is 1. The zero-order chi connectivity index (χ0) is 36.3. The molecule has 0 aromatic heterocycles. The fourth-order valence-electron chi connectivity index (χ4n) is 4.06. The lowest BCUT2D eigenvalue weighted by Gasteiger charge is -2.25. The lowest BCUT2D eigenvalue weighted by Crippen LogP contribution is -2.59. The van der Waals surface area contributed by atoms with Crippen LogP contribution in [0.3, 0.4) is 0 Å². The van der Waals surface area contributed by atoms with Gasteiger partial charge in [-0.1, -0.05) is 0 Å². The van der Waals surface area contributed by atoms with Gasteiger partial charge in [0.05, 0.1) is 24.8 Å². The highest BCUT2D eigenvalue weighted by molar-refractivity contribution is 5.96. The third kappa shape index (κ3) is 17.0. The van der Waals surface area contributed by atoms with Gasteiger partial charge >= 0.3 is 5.97 Å². The lowest BCUT2D eigenvalue weighted by atomic mass is 10.1. The second kappa shape index (κ2) is 22.6. The monoisotopic (exact) mass is 675 g/mol. The van der Waals surface area contributed by atoms with Crippen LogP contribution in [0.1, 0.15) is 66.2 Å². The molecule has 0 unspecified atom stereocenters. The van der Waals surface area contributed by atoms with Crippen LogP contribution in [0.4, 0.5) is 0 Å². The maximum Gasteiger partial charge on any atom is 0.326 e. The first-order chi connectivity index (χ1) is 22.0. The summed E-state index contributed by atoms with van der Waals surface area (Å²) in [6.45, 7) is 5.18. The Hall–Kier alpha value is -3.91. The number of unbranched alkanes of at least 4 members (excludes halogenated alkanes) is 2. The predicted octanol–water partition coefficient (Wildman–Crippen LogP) is -5.00. The van der Waals surface area contributed by atoms with E-state index in [4.69, 9.17) is 17.2 Å². The molecule has 47 heavy (non-hydrogen) atoms. The second-order valence-corrected chi connectivity index (χ2v) is 11.3. The highest BCUT2D eigenvalue weighted by Crippen LogP contribution is 2.05. The van der Waals surface area contributed by atoms with Gasteiger partial charge in [-0.15, -0.1) is 0 Å². The number of carboxylic acid groups (broad SMARTS) is 1. The maximum absolute atomic E-state index is 12.9. The van der Waals surface area contributed by atoms with E-state index in [1.165, 1.54) is 27.7 Å². The molecule has 0 saturated carbocycles. The Kier molecular flexibility index (Phi) is 20.7. The number of hydrogen-bond donors (Lipinski definition) is 12. The number of nitrogens with two attached hydrogens (primary N) is 3. The Bertz CT molecular complexity index is 1060. The van der Waals surface area contributed by atoms with Crippen LogP contribution in [-0.2, 0) is 33.6 Å². The van der Waals surface area contributed by atoms with Crippen LogP contribution < -0.4 is 49.1 Å². The summed E-state index contributed by atoms with van der Waals surface area (Å²) in [6.07, 6.45) is -0.659. The molecule has 0 aliphatic heterocycles. The molecule has 0 aromatic carbocycles. The number of hydrogen-bond acceptors (Lipinski definition) is 12. The van der Waals surface area contributed by atoms with Gasteiger partial charge in [-0.3, -0.25) is 28.8 Å². The summed E-state index contributed by atoms with van der Waals surface area (Å²) in [5.41, 5.74) is 16.5. The summed E-state index contributed by atoms with van der Waals surface area (Å²) in [5.74, 6) is -6.28. The first-order valence-electron chi connectivity index (χ1n) is 15.5. The molecule has 0 fully saturated rings. The summed E-state index contributed by atoms with van der Waals surface area (Å²) in [4.78, 5) is 87.3. The van der Waals surface area contributed by atoms with E-state index in [2.05, 4.69) is 31.9 Å². The summed E-state index contributed by atoms with van der Waals surface area (Å²) >= 11 is 0. The lowest BCUT2D eigenvalue weighted by molar-refractivity contribution is -0.143. The number of carboxylic acids is 1. The molecule has 19 nitrogen and oxygen atoms in total. The van der Waals surface area contributed by atoms with Gasteiger partial charge in [0.2, 0.25) is 35.4 Å². The Morgan fingerprint density at radius 1 is 0.596 bits per heavy atom. The van der Waals surface area contributed by atoms with Crippen molar-refractivity contribution in [3.8, 4) is 0 Å². The van der Waals surface area contributed by atoms with Gasteiger partial charge in [-0.25, -0.2) is 4.79 Å². The SMILES string of the molecule is C[C@H](N)C(=O)N[C@H](C(=O)N[C@@H](CCCCN)C(=O)NCC(=O)N[C@@H](C)C(=O)N[C@H](C(=O)N[C@@H](CCCCN)C(=O)O)[C@@H](C)O)[C@@H](C)O. The van der Waals surface area contributed by atoms with E-state index in [0.717, 1.165) is 0 Å². The molecular weight excluding hydrogens is 622 g/mol. The first-order valence-corrected chi connectivity index (χ1v) is 15.5. The fourth-order valence-corrected chi connectivity index (χ4v) is 4.06. The number of nitrogens with one attached hydrogen (secondary N) is 6. The van der Waals surface area contributed by atoms with Crippen molar-refractivity contribution in [3.63, 3.8) is 0 Å². The maximum atomic E-state index is 12.9. The first kappa shape index (κ1) is 43.1. The normalized spacial score (nSPS) is 16.1. The summed E-state index contributed by atoms with van der Waals surface area (Å²) in [6, 6.07) is -7.63. The molecule has 0 rings (SSSR count). The van der Waals surface area contributed by atoms with Gasteiger partial charge in [0.15, 0.2) is 0 Å². The van der Waals surface area contributed by atoms with Crippen LogP contribution in [0.15, 0.2) is 0 Å². The summed E-state index contributed by atoms with van der Waals surface area (Å²) in [7, 11) is 0. The van der Waals surface area contributed by atoms with Crippen LogP contribution >= 0.6 is 0 Å². The van der Waals surface area contributed by atoms with Crippen LogP contribution in [-0.4, -0.2) is 125 Å². The third-order valence-electron chi connectivity index (χ3n) is 6.87. The topological polar surface area (TPSA) is 330 Å². The highest BCUT2D eigenvalue weighted by Gasteiger charge is 2.32. The Morgan fingerprint density at radius 2 is 1.04 bits per heavy atom. The molecule has 0 radical (unpaired) electrons. The molecule has 6 amide bonds. The van der Waals surface area contributed by atoms with Crippen LogP contribution in [0, 0.1) is 0 Å². The molecule has 15 N–H and O–H groups in total. The number of aliphatic hydroxyl groups is 2. The summed E-state index contributed by atoms with van der Waals surface area (Å²) in [5, 5.41) is 43.5. The van der Waals surface area contributed by atoms with Gasteiger partial charge in [-0.05, 0) is 79.3 Å². The predicted molar refractivity (Wildman–Crippen MR) is 169 cm³/mol. The fraction of sp³-hybridized carbons (Fsp3) is 0.750. The zero-order valence-corrected chi connectivity index (χ0v) is 27.4. The average molecular weight is 676 g/mol. The third-order valence-corrected chi connectivity index (χ3v) is 6.87. The van der Waals surface area contributed by atoms with E-state index in [1.54, 1.807) is 0 Å². The number of amides is 6. The molecule has 0 aliphatic rings. The molecule has 0 bridgehead atoms. The molecule has 0 aromatic rings. The molecule has 0 aliphatic carbocycles. The van der Waals surface area contributed by atoms with E-state index in [-0.39, 0.29) is 12.8 Å². The van der Waals surface area contributed by atoms with Crippen molar-refractivity contribution in [1.29, 1.82) is 0 Å². The minimum atomic E-state index is -1.54. The van der Waals surface area contributed by atoms with Crippen LogP contribution in [0.25, 0.3) is 0 Å². The number of carbonyl (C=O) groups is 7. The van der Waals surface area contributed by atoms with Crippen LogP contribution in [0.5, 0.6) is 0 Å². The van der Waals surface area contributed by atoms with E-state index < -0.39 is 96.4 Å². The number of rotatable bonds is 23. The molecule has 19 heteroatoms. The number of aliphatic hydroxyl groups excluding tert-OH is 2. The van der Waals surface area contributed by atoms with Gasteiger partial charge < -0.3 is 64.4 Å². The van der Waals surface area contributed by atoms with Crippen LogP contribution in [0.2, 0.25) is 0 Å². The van der Waals surface area contributed by atoms with Crippen molar-refractivity contribution < 1.29 is 48.9 Å².